The average Bonchev–Trinajstić information content (AvgIpc) is 2.37. The molecule has 0 amide bonds. The number of benzene rings is 1. The van der Waals surface area contributed by atoms with E-state index in [0.717, 1.165) is 25.7 Å². The van der Waals surface area contributed by atoms with Gasteiger partial charge in [0.15, 0.2) is 0 Å². The van der Waals surface area contributed by atoms with E-state index in [1.165, 1.54) is 29.5 Å². The third kappa shape index (κ3) is 3.56. The predicted octanol–water partition coefficient (Wildman–Crippen LogP) is 3.38. The molecule has 1 N–H and O–H groups in total. The van der Waals surface area contributed by atoms with Crippen molar-refractivity contribution in [3.63, 3.8) is 0 Å². The largest absolute Gasteiger partial charge is 0.381 e. The molecule has 1 fully saturated rings. The number of nitrogens with one attached hydrogen (secondary N) is 1. The summed E-state index contributed by atoms with van der Waals surface area (Å²) in [7, 11) is 0. The number of hydrogen-bond acceptors (Lipinski definition) is 2. The summed E-state index contributed by atoms with van der Waals surface area (Å²) in [6.07, 6.45) is 2.40. The maximum Gasteiger partial charge on any atom is 0.0469 e. The minimum absolute atomic E-state index is 0.438. The molecule has 0 bridgehead atoms. The van der Waals surface area contributed by atoms with Crippen molar-refractivity contribution in [3.8, 4) is 0 Å². The van der Waals surface area contributed by atoms with E-state index in [-0.39, 0.29) is 0 Å². The van der Waals surface area contributed by atoms with Crippen LogP contribution >= 0.6 is 0 Å². The van der Waals surface area contributed by atoms with Gasteiger partial charge < -0.3 is 10.1 Å². The molecule has 0 radical (unpaired) electrons. The van der Waals surface area contributed by atoms with Crippen LogP contribution in [0.4, 0.5) is 0 Å². The number of ether oxygens (including phenoxy) is 1. The first-order chi connectivity index (χ1) is 8.66. The van der Waals surface area contributed by atoms with E-state index in [4.69, 9.17) is 4.74 Å². The second-order valence-corrected chi connectivity index (χ2v) is 5.55. The van der Waals surface area contributed by atoms with Gasteiger partial charge in [0.1, 0.15) is 0 Å². The van der Waals surface area contributed by atoms with Gasteiger partial charge >= 0.3 is 0 Å². The minimum atomic E-state index is 0.438. The van der Waals surface area contributed by atoms with E-state index in [1.807, 2.05) is 0 Å². The molecule has 1 unspecified atom stereocenters. The topological polar surface area (TPSA) is 21.3 Å². The molecule has 1 heterocycles. The molecule has 0 saturated carbocycles. The Bertz CT molecular complexity index is 383. The average molecular weight is 247 g/mol. The Morgan fingerprint density at radius 2 is 2.00 bits per heavy atom. The molecule has 1 aromatic carbocycles. The van der Waals surface area contributed by atoms with Gasteiger partial charge in [0, 0.05) is 19.3 Å². The lowest BCUT2D eigenvalue weighted by atomic mass is 9.97. The van der Waals surface area contributed by atoms with Crippen LogP contribution in [0.25, 0.3) is 0 Å². The molecular weight excluding hydrogens is 222 g/mol. The van der Waals surface area contributed by atoms with Crippen molar-refractivity contribution < 1.29 is 4.74 Å². The highest BCUT2D eigenvalue weighted by atomic mass is 16.5. The molecule has 1 aliphatic rings. The first-order valence-corrected chi connectivity index (χ1v) is 7.05. The summed E-state index contributed by atoms with van der Waals surface area (Å²) in [5, 5.41) is 3.67. The molecule has 1 aliphatic heterocycles. The first-order valence-electron chi connectivity index (χ1n) is 7.05. The molecule has 1 aromatic rings. The third-order valence-electron chi connectivity index (χ3n) is 3.95. The zero-order valence-electron chi connectivity index (χ0n) is 11.8. The monoisotopic (exact) mass is 247 g/mol. The van der Waals surface area contributed by atoms with E-state index in [1.54, 1.807) is 0 Å². The molecule has 0 spiro atoms. The van der Waals surface area contributed by atoms with Gasteiger partial charge in [0.05, 0.1) is 0 Å². The highest BCUT2D eigenvalue weighted by Gasteiger charge is 2.15. The first kappa shape index (κ1) is 13.6. The SMILES string of the molecule is Cc1ccc(C(C)NCC2CCOCC2)c(C)c1. The van der Waals surface area contributed by atoms with E-state index in [2.05, 4.69) is 44.3 Å². The van der Waals surface area contributed by atoms with Gasteiger partial charge in [-0.05, 0) is 57.2 Å². The Hall–Kier alpha value is -0.860. The van der Waals surface area contributed by atoms with E-state index in [0.29, 0.717) is 6.04 Å². The molecule has 100 valence electrons. The van der Waals surface area contributed by atoms with Gasteiger partial charge in [0.25, 0.3) is 0 Å². The van der Waals surface area contributed by atoms with Crippen molar-refractivity contribution in [1.29, 1.82) is 0 Å². The molecule has 0 aliphatic carbocycles. The summed E-state index contributed by atoms with van der Waals surface area (Å²) in [5.74, 6) is 0.784. The Labute approximate surface area is 111 Å². The minimum Gasteiger partial charge on any atom is -0.381 e. The lowest BCUT2D eigenvalue weighted by molar-refractivity contribution is 0.0656. The normalized spacial score (nSPS) is 18.8. The fraction of sp³-hybridized carbons (Fsp3) is 0.625. The maximum absolute atomic E-state index is 5.40. The van der Waals surface area contributed by atoms with E-state index in [9.17, 15) is 0 Å². The van der Waals surface area contributed by atoms with Crippen molar-refractivity contribution in [2.24, 2.45) is 5.92 Å². The molecule has 2 rings (SSSR count). The summed E-state index contributed by atoms with van der Waals surface area (Å²) in [4.78, 5) is 0. The molecule has 1 atom stereocenters. The van der Waals surface area contributed by atoms with Crippen LogP contribution in [0.2, 0.25) is 0 Å². The van der Waals surface area contributed by atoms with Gasteiger partial charge in [-0.3, -0.25) is 0 Å². The van der Waals surface area contributed by atoms with Crippen molar-refractivity contribution in [2.75, 3.05) is 19.8 Å². The fourth-order valence-corrected chi connectivity index (χ4v) is 2.72. The molecular formula is C16H25NO. The molecule has 1 saturated heterocycles. The van der Waals surface area contributed by atoms with Crippen LogP contribution in [0.1, 0.15) is 42.5 Å². The highest BCUT2D eigenvalue weighted by Crippen LogP contribution is 2.20. The standard InChI is InChI=1S/C16H25NO/c1-12-4-5-16(13(2)10-12)14(3)17-11-15-6-8-18-9-7-15/h4-5,10,14-15,17H,6-9,11H2,1-3H3. The van der Waals surface area contributed by atoms with Crippen LogP contribution in [0.3, 0.4) is 0 Å². The van der Waals surface area contributed by atoms with Crippen molar-refractivity contribution in [2.45, 2.75) is 39.7 Å². The van der Waals surface area contributed by atoms with Gasteiger partial charge in [-0.25, -0.2) is 0 Å². The molecule has 18 heavy (non-hydrogen) atoms. The van der Waals surface area contributed by atoms with Crippen LogP contribution in [0, 0.1) is 19.8 Å². The lowest BCUT2D eigenvalue weighted by Crippen LogP contribution is -2.29. The predicted molar refractivity (Wildman–Crippen MR) is 75.9 cm³/mol. The van der Waals surface area contributed by atoms with Crippen molar-refractivity contribution >= 4 is 0 Å². The Morgan fingerprint density at radius 1 is 1.28 bits per heavy atom. The van der Waals surface area contributed by atoms with Gasteiger partial charge in [-0.2, -0.15) is 0 Å². The molecule has 2 nitrogen and oxygen atoms in total. The summed E-state index contributed by atoms with van der Waals surface area (Å²) in [5.41, 5.74) is 4.16. The van der Waals surface area contributed by atoms with Crippen LogP contribution in [0.15, 0.2) is 18.2 Å². The summed E-state index contributed by atoms with van der Waals surface area (Å²) in [6, 6.07) is 7.16. The summed E-state index contributed by atoms with van der Waals surface area (Å²) in [6.45, 7) is 9.59. The smallest absolute Gasteiger partial charge is 0.0469 e. The Balaban J connectivity index is 1.88. The summed E-state index contributed by atoms with van der Waals surface area (Å²) >= 11 is 0. The Morgan fingerprint density at radius 3 is 2.67 bits per heavy atom. The van der Waals surface area contributed by atoms with Crippen LogP contribution in [-0.4, -0.2) is 19.8 Å². The van der Waals surface area contributed by atoms with Crippen LogP contribution in [0.5, 0.6) is 0 Å². The quantitative estimate of drug-likeness (QED) is 0.880. The number of rotatable bonds is 4. The van der Waals surface area contributed by atoms with Gasteiger partial charge in [0.2, 0.25) is 0 Å². The van der Waals surface area contributed by atoms with Gasteiger partial charge in [-0.1, -0.05) is 23.8 Å². The second-order valence-electron chi connectivity index (χ2n) is 5.55. The number of hydrogen-bond donors (Lipinski definition) is 1. The Kier molecular flexibility index (Phi) is 4.79. The maximum atomic E-state index is 5.40. The van der Waals surface area contributed by atoms with Gasteiger partial charge in [-0.15, -0.1) is 0 Å². The molecule has 0 aromatic heterocycles. The van der Waals surface area contributed by atoms with Crippen molar-refractivity contribution in [1.82, 2.24) is 5.32 Å². The zero-order valence-corrected chi connectivity index (χ0v) is 11.8. The van der Waals surface area contributed by atoms with E-state index >= 15 is 0 Å². The lowest BCUT2D eigenvalue weighted by Gasteiger charge is -2.25. The third-order valence-corrected chi connectivity index (χ3v) is 3.95. The van der Waals surface area contributed by atoms with Crippen LogP contribution in [-0.2, 0) is 4.74 Å². The molecule has 2 heteroatoms. The van der Waals surface area contributed by atoms with Crippen LogP contribution < -0.4 is 5.32 Å². The highest BCUT2D eigenvalue weighted by molar-refractivity contribution is 5.32. The van der Waals surface area contributed by atoms with Crippen molar-refractivity contribution in [3.05, 3.63) is 34.9 Å². The summed E-state index contributed by atoms with van der Waals surface area (Å²) < 4.78 is 5.40. The zero-order chi connectivity index (χ0) is 13.0. The van der Waals surface area contributed by atoms with E-state index < -0.39 is 0 Å². The second kappa shape index (κ2) is 6.35. The fourth-order valence-electron chi connectivity index (χ4n) is 2.72. The number of aryl methyl sites for hydroxylation is 2.